The van der Waals surface area contributed by atoms with E-state index in [1.807, 2.05) is 0 Å². The van der Waals surface area contributed by atoms with E-state index in [9.17, 15) is 14.9 Å². The van der Waals surface area contributed by atoms with Crippen LogP contribution < -0.4 is 9.47 Å². The van der Waals surface area contributed by atoms with E-state index in [0.29, 0.717) is 15.8 Å². The number of carbonyl (C=O) groups excluding carboxylic acids is 1. The fraction of sp³-hybridized carbons (Fsp3) is 0.133. The van der Waals surface area contributed by atoms with Crippen LogP contribution in [-0.4, -0.2) is 24.4 Å². The molecule has 114 valence electrons. The topological polar surface area (TPSA) is 78.7 Å². The number of ether oxygens (including phenoxy) is 2. The summed E-state index contributed by atoms with van der Waals surface area (Å²) in [5, 5.41) is 10.9. The Bertz CT molecular complexity index is 717. The first-order chi connectivity index (χ1) is 10.5. The summed E-state index contributed by atoms with van der Waals surface area (Å²) in [4.78, 5) is 22.4. The third-order valence-electron chi connectivity index (χ3n) is 2.89. The normalized spacial score (nSPS) is 10.1. The number of halogens is 1. The summed E-state index contributed by atoms with van der Waals surface area (Å²) in [6.45, 7) is -0.288. The standard InChI is InChI=1S/C15H12BrNO5/c1-21-14-7-6-10(8-11(14)16)13(18)9-22-15-5-3-2-4-12(15)17(19)20/h2-8H,9H2,1H3. The Hall–Kier alpha value is -2.41. The quantitative estimate of drug-likeness (QED) is 0.443. The molecule has 0 aliphatic rings. The maximum atomic E-state index is 12.1. The molecule has 2 rings (SSSR count). The van der Waals surface area contributed by atoms with Gasteiger partial charge in [-0.15, -0.1) is 0 Å². The second-order valence-electron chi connectivity index (χ2n) is 4.29. The number of nitro groups is 1. The Morgan fingerprint density at radius 1 is 1.23 bits per heavy atom. The smallest absolute Gasteiger partial charge is 0.310 e. The van der Waals surface area contributed by atoms with Gasteiger partial charge in [0, 0.05) is 11.6 Å². The third kappa shape index (κ3) is 3.62. The molecule has 22 heavy (non-hydrogen) atoms. The monoisotopic (exact) mass is 365 g/mol. The van der Waals surface area contributed by atoms with Crippen molar-refractivity contribution in [2.75, 3.05) is 13.7 Å². The van der Waals surface area contributed by atoms with Gasteiger partial charge in [-0.3, -0.25) is 14.9 Å². The van der Waals surface area contributed by atoms with Crippen molar-refractivity contribution < 1.29 is 19.2 Å². The average molecular weight is 366 g/mol. The molecule has 2 aromatic carbocycles. The molecule has 0 amide bonds. The molecule has 2 aromatic rings. The molecule has 6 nitrogen and oxygen atoms in total. The van der Waals surface area contributed by atoms with Crippen molar-refractivity contribution >= 4 is 27.4 Å². The van der Waals surface area contributed by atoms with E-state index in [2.05, 4.69) is 15.9 Å². The number of para-hydroxylation sites is 2. The summed E-state index contributed by atoms with van der Waals surface area (Å²) in [6.07, 6.45) is 0. The van der Waals surface area contributed by atoms with Gasteiger partial charge in [-0.05, 0) is 40.2 Å². The van der Waals surface area contributed by atoms with E-state index in [4.69, 9.17) is 9.47 Å². The van der Waals surface area contributed by atoms with Crippen LogP contribution in [0.5, 0.6) is 11.5 Å². The molecule has 0 aliphatic carbocycles. The van der Waals surface area contributed by atoms with Crippen molar-refractivity contribution in [2.45, 2.75) is 0 Å². The number of ketones is 1. The molecule has 0 fully saturated rings. The minimum absolute atomic E-state index is 0.0634. The Morgan fingerprint density at radius 2 is 1.95 bits per heavy atom. The zero-order valence-corrected chi connectivity index (χ0v) is 13.2. The van der Waals surface area contributed by atoms with Crippen LogP contribution in [0.25, 0.3) is 0 Å². The third-order valence-corrected chi connectivity index (χ3v) is 3.51. The first-order valence-corrected chi connectivity index (χ1v) is 7.05. The molecule has 0 spiro atoms. The highest BCUT2D eigenvalue weighted by atomic mass is 79.9. The zero-order chi connectivity index (χ0) is 16.1. The number of methoxy groups -OCH3 is 1. The average Bonchev–Trinajstić information content (AvgIpc) is 2.52. The summed E-state index contributed by atoms with van der Waals surface area (Å²) in [5.74, 6) is 0.381. The van der Waals surface area contributed by atoms with Gasteiger partial charge in [0.25, 0.3) is 0 Å². The summed E-state index contributed by atoms with van der Waals surface area (Å²) >= 11 is 3.29. The molecule has 0 saturated heterocycles. The number of nitro benzene ring substituents is 1. The SMILES string of the molecule is COc1ccc(C(=O)COc2ccccc2[N+](=O)[O-])cc1Br. The first-order valence-electron chi connectivity index (χ1n) is 6.26. The van der Waals surface area contributed by atoms with Gasteiger partial charge >= 0.3 is 5.69 Å². The van der Waals surface area contributed by atoms with Crippen LogP contribution in [0.2, 0.25) is 0 Å². The molecule has 0 radical (unpaired) electrons. The van der Waals surface area contributed by atoms with E-state index in [-0.39, 0.29) is 23.8 Å². The van der Waals surface area contributed by atoms with Crippen molar-refractivity contribution in [3.63, 3.8) is 0 Å². The first kappa shape index (κ1) is 16.0. The van der Waals surface area contributed by atoms with Gasteiger partial charge in [-0.1, -0.05) is 12.1 Å². The molecule has 0 heterocycles. The molecule has 0 atom stereocenters. The minimum Gasteiger partial charge on any atom is -0.496 e. The molecule has 0 aromatic heterocycles. The molecule has 0 N–H and O–H groups in total. The lowest BCUT2D eigenvalue weighted by atomic mass is 10.1. The van der Waals surface area contributed by atoms with Gasteiger partial charge < -0.3 is 9.47 Å². The van der Waals surface area contributed by atoms with Gasteiger partial charge in [-0.25, -0.2) is 0 Å². The summed E-state index contributed by atoms with van der Waals surface area (Å²) in [7, 11) is 1.53. The lowest BCUT2D eigenvalue weighted by Crippen LogP contribution is -2.12. The van der Waals surface area contributed by atoms with Crippen LogP contribution in [0.1, 0.15) is 10.4 Å². The van der Waals surface area contributed by atoms with Crippen LogP contribution in [0.4, 0.5) is 5.69 Å². The molecule has 0 aliphatic heterocycles. The van der Waals surface area contributed by atoms with Gasteiger partial charge in [0.05, 0.1) is 16.5 Å². The fourth-order valence-corrected chi connectivity index (χ4v) is 2.34. The number of hydrogen-bond donors (Lipinski definition) is 0. The van der Waals surface area contributed by atoms with Gasteiger partial charge in [0.15, 0.2) is 18.1 Å². The highest BCUT2D eigenvalue weighted by molar-refractivity contribution is 9.10. The van der Waals surface area contributed by atoms with Crippen molar-refractivity contribution in [2.24, 2.45) is 0 Å². The number of benzene rings is 2. The van der Waals surface area contributed by atoms with Crippen LogP contribution in [0, 0.1) is 10.1 Å². The van der Waals surface area contributed by atoms with Crippen molar-refractivity contribution in [1.29, 1.82) is 0 Å². The number of hydrogen-bond acceptors (Lipinski definition) is 5. The molecular formula is C15H12BrNO5. The predicted octanol–water partition coefficient (Wildman–Crippen LogP) is 3.63. The lowest BCUT2D eigenvalue weighted by Gasteiger charge is -2.08. The summed E-state index contributed by atoms with van der Waals surface area (Å²) in [5.41, 5.74) is 0.248. The van der Waals surface area contributed by atoms with Crippen molar-refractivity contribution in [3.8, 4) is 11.5 Å². The Morgan fingerprint density at radius 3 is 2.59 bits per heavy atom. The molecule has 0 unspecified atom stereocenters. The fourth-order valence-electron chi connectivity index (χ4n) is 1.80. The minimum atomic E-state index is -0.552. The van der Waals surface area contributed by atoms with E-state index in [0.717, 1.165) is 0 Å². The van der Waals surface area contributed by atoms with Crippen LogP contribution in [0.15, 0.2) is 46.9 Å². The number of carbonyl (C=O) groups is 1. The summed E-state index contributed by atoms with van der Waals surface area (Å²) in [6, 6.07) is 10.8. The Balaban J connectivity index is 2.10. The van der Waals surface area contributed by atoms with Crippen molar-refractivity contribution in [1.82, 2.24) is 0 Å². The van der Waals surface area contributed by atoms with Crippen LogP contribution in [0.3, 0.4) is 0 Å². The molecule has 0 saturated carbocycles. The van der Waals surface area contributed by atoms with Crippen LogP contribution in [-0.2, 0) is 0 Å². The maximum Gasteiger partial charge on any atom is 0.310 e. The molecular weight excluding hydrogens is 354 g/mol. The van der Waals surface area contributed by atoms with E-state index in [1.54, 1.807) is 24.3 Å². The summed E-state index contributed by atoms with van der Waals surface area (Å²) < 4.78 is 11.0. The van der Waals surface area contributed by atoms with Gasteiger partial charge in [0.1, 0.15) is 5.75 Å². The Kier molecular flexibility index (Phi) is 5.11. The number of nitrogens with zero attached hydrogens (tertiary/aromatic N) is 1. The zero-order valence-electron chi connectivity index (χ0n) is 11.6. The highest BCUT2D eigenvalue weighted by Gasteiger charge is 2.16. The molecule has 7 heteroatoms. The number of rotatable bonds is 6. The largest absolute Gasteiger partial charge is 0.496 e. The predicted molar refractivity (Wildman–Crippen MR) is 83.6 cm³/mol. The second kappa shape index (κ2) is 7.04. The lowest BCUT2D eigenvalue weighted by molar-refractivity contribution is -0.385. The Labute approximate surface area is 134 Å². The maximum absolute atomic E-state index is 12.1. The van der Waals surface area contributed by atoms with Gasteiger partial charge in [0.2, 0.25) is 0 Å². The van der Waals surface area contributed by atoms with Crippen molar-refractivity contribution in [3.05, 3.63) is 62.6 Å². The number of Topliss-reactive ketones (excluding diaryl/α,β-unsaturated/α-hetero) is 1. The molecule has 0 bridgehead atoms. The highest BCUT2D eigenvalue weighted by Crippen LogP contribution is 2.27. The van der Waals surface area contributed by atoms with E-state index in [1.165, 1.54) is 25.3 Å². The van der Waals surface area contributed by atoms with E-state index >= 15 is 0 Å². The van der Waals surface area contributed by atoms with Crippen LogP contribution >= 0.6 is 15.9 Å². The second-order valence-corrected chi connectivity index (χ2v) is 5.14. The van der Waals surface area contributed by atoms with E-state index < -0.39 is 4.92 Å². The van der Waals surface area contributed by atoms with Gasteiger partial charge in [-0.2, -0.15) is 0 Å².